The zero-order valence-electron chi connectivity index (χ0n) is 43.2. The standard InChI is InChI=1S/C29H27F2N5O3.C24H20N4O4.C5H9F2N.CH4/c1-18-12-21(27-34-16-22(17-35-27)28(38)36-10-8-29(30,31)9-11-36)13-20-14-24(39-26(18)20)6-5-23(37)4-2-19-3-7-25(32)33-15-19;1-14-8-17(23-27-12-18(13-28-23)24(30)31)9-16-10-20(32-22(14)16)6-5-19(29)4-2-15-3-7-21(25)26-11-15;6-5(7)1-3-8-4-2-5;/h2-4,7,12-17H,5-6,8-11H2,1H3,(H2,32,33);2-4,7-13H,5-6H2,1H3,(H2,25,26)(H,30,31);8H,1-4H2;1H4/b2*4-2+;;. The number of piperidine rings is 2. The summed E-state index contributed by atoms with van der Waals surface area (Å²) in [6.07, 6.45) is 15.9. The van der Waals surface area contributed by atoms with Crippen LogP contribution in [0.1, 0.15) is 100 Å². The monoisotopic (exact) mass is 1100 g/mol. The number of furan rings is 2. The Hall–Kier alpha value is -8.98. The highest BCUT2D eigenvalue weighted by Gasteiger charge is 2.36. The van der Waals surface area contributed by atoms with Crippen molar-refractivity contribution in [3.05, 3.63) is 155 Å². The molecular weight excluding hydrogens is 1040 g/mol. The number of amides is 1. The lowest BCUT2D eigenvalue weighted by atomic mass is 10.1. The molecule has 21 heteroatoms. The smallest absolute Gasteiger partial charge is 0.338 e. The maximum absolute atomic E-state index is 13.4. The van der Waals surface area contributed by atoms with E-state index in [-0.39, 0.29) is 81.2 Å². The first kappa shape index (κ1) is 58.7. The molecule has 2 aromatic carbocycles. The van der Waals surface area contributed by atoms with Crippen LogP contribution < -0.4 is 16.8 Å². The Kier molecular flexibility index (Phi) is 19.2. The Labute approximate surface area is 458 Å². The Morgan fingerprint density at radius 3 is 1.43 bits per heavy atom. The lowest BCUT2D eigenvalue weighted by molar-refractivity contribution is -0.115. The number of halogens is 4. The molecule has 2 saturated heterocycles. The van der Waals surface area contributed by atoms with Gasteiger partial charge >= 0.3 is 5.97 Å². The summed E-state index contributed by atoms with van der Waals surface area (Å²) in [5.74, 6) is -3.47. The fourth-order valence-corrected chi connectivity index (χ4v) is 8.52. The molecule has 8 heterocycles. The van der Waals surface area contributed by atoms with Gasteiger partial charge in [-0.2, -0.15) is 0 Å². The highest BCUT2D eigenvalue weighted by atomic mass is 19.3. The second-order valence-corrected chi connectivity index (χ2v) is 19.1. The SMILES string of the molecule is C.Cc1cc(-c2ncc(C(=O)N3CCC(F)(F)CC3)cn2)cc2cc(CCC(=O)/C=C/c3ccc(N)nc3)oc12.Cc1cc(-c2ncc(C(=O)O)cn2)cc2cc(CCC(=O)/C=C/c3ccc(N)nc3)oc12.FC1(F)CCNCC1. The zero-order chi connectivity index (χ0) is 56.3. The van der Waals surface area contributed by atoms with Gasteiger partial charge in [-0.15, -0.1) is 0 Å². The van der Waals surface area contributed by atoms with Crippen LogP contribution in [0, 0.1) is 13.8 Å². The quantitative estimate of drug-likeness (QED) is 0.0583. The van der Waals surface area contributed by atoms with Gasteiger partial charge in [0.2, 0.25) is 0 Å². The summed E-state index contributed by atoms with van der Waals surface area (Å²) in [5.41, 5.74) is 17.8. The van der Waals surface area contributed by atoms with Crippen LogP contribution in [-0.4, -0.2) is 101 Å². The first-order valence-electron chi connectivity index (χ1n) is 25.3. The van der Waals surface area contributed by atoms with Crippen LogP contribution in [0.3, 0.4) is 0 Å². The Morgan fingerprint density at radius 1 is 0.613 bits per heavy atom. The second-order valence-electron chi connectivity index (χ2n) is 19.1. The van der Waals surface area contributed by atoms with E-state index >= 15 is 0 Å². The van der Waals surface area contributed by atoms with Gasteiger partial charge in [-0.1, -0.05) is 7.43 Å². The zero-order valence-corrected chi connectivity index (χ0v) is 43.2. The molecule has 0 atom stereocenters. The number of nitrogens with two attached hydrogens (primary N) is 2. The number of carboxylic acid groups (broad SMARTS) is 1. The number of aromatic carboxylic acids is 1. The lowest BCUT2D eigenvalue weighted by Gasteiger charge is -2.31. The Balaban J connectivity index is 0.000000203. The van der Waals surface area contributed by atoms with E-state index in [0.29, 0.717) is 67.2 Å². The number of rotatable bonds is 14. The minimum Gasteiger partial charge on any atom is -0.478 e. The predicted octanol–water partition coefficient (Wildman–Crippen LogP) is 11.0. The van der Waals surface area contributed by atoms with E-state index < -0.39 is 17.8 Å². The van der Waals surface area contributed by atoms with Gasteiger partial charge in [-0.25, -0.2) is 52.3 Å². The summed E-state index contributed by atoms with van der Waals surface area (Å²) in [6, 6.07) is 18.3. The number of carboxylic acids is 1. The number of nitrogen functional groups attached to an aromatic ring is 2. The van der Waals surface area contributed by atoms with E-state index in [1.54, 1.807) is 48.8 Å². The molecule has 0 radical (unpaired) electrons. The topological polar surface area (TPSA) is 259 Å². The summed E-state index contributed by atoms with van der Waals surface area (Å²) in [6.45, 7) is 4.78. The van der Waals surface area contributed by atoms with Crippen LogP contribution in [0.15, 0.2) is 119 Å². The number of anilines is 2. The minimum absolute atomic E-state index is 0. The number of fused-ring (bicyclic) bond motifs is 2. The van der Waals surface area contributed by atoms with Crippen LogP contribution >= 0.6 is 0 Å². The van der Waals surface area contributed by atoms with Gasteiger partial charge < -0.3 is 35.6 Å². The van der Waals surface area contributed by atoms with Crippen molar-refractivity contribution in [2.24, 2.45) is 0 Å². The van der Waals surface area contributed by atoms with Gasteiger partial charge in [0.1, 0.15) is 34.3 Å². The molecule has 6 aromatic heterocycles. The van der Waals surface area contributed by atoms with Crippen molar-refractivity contribution in [3.8, 4) is 22.8 Å². The van der Waals surface area contributed by atoms with Gasteiger partial charge in [0.25, 0.3) is 17.8 Å². The number of hydrogen-bond acceptors (Lipinski definition) is 15. The van der Waals surface area contributed by atoms with E-state index in [2.05, 4.69) is 35.2 Å². The number of hydrogen-bond donors (Lipinski definition) is 4. The maximum atomic E-state index is 13.4. The van der Waals surface area contributed by atoms with Crippen LogP contribution in [0.5, 0.6) is 0 Å². The Morgan fingerprint density at radius 2 is 1.04 bits per heavy atom. The molecule has 2 aliphatic rings. The second kappa shape index (κ2) is 26.1. The van der Waals surface area contributed by atoms with Crippen LogP contribution in [0.25, 0.3) is 56.9 Å². The fraction of sp³-hybridized carbons (Fsp3) is 0.288. The number of ketones is 2. The van der Waals surface area contributed by atoms with Gasteiger partial charge in [-0.05, 0) is 121 Å². The van der Waals surface area contributed by atoms with Crippen LogP contribution in [0.2, 0.25) is 0 Å². The first-order chi connectivity index (χ1) is 37.8. The van der Waals surface area contributed by atoms with Gasteiger partial charge in [0.05, 0.1) is 11.1 Å². The third-order valence-electron chi connectivity index (χ3n) is 12.9. The molecular formula is C59H60F4N10O7. The number of nitrogens with one attached hydrogen (secondary N) is 1. The molecule has 2 fully saturated rings. The minimum atomic E-state index is -2.72. The van der Waals surface area contributed by atoms with E-state index in [1.165, 1.54) is 41.8 Å². The molecule has 0 unspecified atom stereocenters. The maximum Gasteiger partial charge on any atom is 0.338 e. The number of aryl methyl sites for hydroxylation is 4. The van der Waals surface area contributed by atoms with E-state index in [1.807, 2.05) is 50.2 Å². The van der Waals surface area contributed by atoms with Crippen molar-refractivity contribution in [3.63, 3.8) is 0 Å². The number of alkyl halides is 4. The summed E-state index contributed by atoms with van der Waals surface area (Å²) >= 11 is 0. The van der Waals surface area contributed by atoms with E-state index in [4.69, 9.17) is 25.4 Å². The molecule has 80 heavy (non-hydrogen) atoms. The number of nitrogens with zero attached hydrogens (tertiary/aromatic N) is 7. The predicted molar refractivity (Wildman–Crippen MR) is 297 cm³/mol. The lowest BCUT2D eigenvalue weighted by Crippen LogP contribution is -2.42. The molecule has 1 amide bonds. The Bertz CT molecular complexity index is 3510. The van der Waals surface area contributed by atoms with Gasteiger partial charge in [0.15, 0.2) is 23.2 Å². The van der Waals surface area contributed by atoms with Crippen molar-refractivity contribution in [1.82, 2.24) is 40.1 Å². The van der Waals surface area contributed by atoms with Crippen molar-refractivity contribution >= 4 is 69.2 Å². The number of allylic oxidation sites excluding steroid dienone is 2. The fourth-order valence-electron chi connectivity index (χ4n) is 8.52. The van der Waals surface area contributed by atoms with Crippen LogP contribution in [-0.2, 0) is 22.4 Å². The molecule has 17 nitrogen and oxygen atoms in total. The van der Waals surface area contributed by atoms with Gasteiger partial charge in [-0.3, -0.25) is 14.4 Å². The first-order valence-corrected chi connectivity index (χ1v) is 25.3. The average Bonchev–Trinajstić information content (AvgIpc) is 4.08. The number of pyridine rings is 2. The van der Waals surface area contributed by atoms with Crippen molar-refractivity contribution < 1.29 is 50.7 Å². The van der Waals surface area contributed by atoms with E-state index in [0.717, 1.165) is 55.3 Å². The summed E-state index contributed by atoms with van der Waals surface area (Å²) < 4.78 is 63.1. The number of carbonyl (C=O) groups excluding carboxylic acids is 3. The molecule has 0 aliphatic carbocycles. The largest absolute Gasteiger partial charge is 0.478 e. The van der Waals surface area contributed by atoms with Crippen LogP contribution in [0.4, 0.5) is 29.2 Å². The summed E-state index contributed by atoms with van der Waals surface area (Å²) in [7, 11) is 0. The number of carbonyl (C=O) groups is 4. The molecule has 0 spiro atoms. The molecule has 0 bridgehead atoms. The van der Waals surface area contributed by atoms with Crippen molar-refractivity contribution in [2.45, 2.75) is 84.5 Å². The molecule has 2 aliphatic heterocycles. The molecule has 10 rings (SSSR count). The molecule has 6 N–H and O–H groups in total. The molecule has 0 saturated carbocycles. The number of benzene rings is 2. The highest BCUT2D eigenvalue weighted by Crippen LogP contribution is 2.32. The molecule has 8 aromatic rings. The summed E-state index contributed by atoms with van der Waals surface area (Å²) in [5, 5.41) is 13.6. The summed E-state index contributed by atoms with van der Waals surface area (Å²) in [4.78, 5) is 74.6. The number of aromatic nitrogens is 6. The van der Waals surface area contributed by atoms with Crippen molar-refractivity contribution in [2.75, 3.05) is 37.6 Å². The normalized spacial score (nSPS) is 14.7. The highest BCUT2D eigenvalue weighted by molar-refractivity contribution is 5.95. The van der Waals surface area contributed by atoms with Gasteiger partial charge in [0, 0.05) is 137 Å². The van der Waals surface area contributed by atoms with Crippen molar-refractivity contribution in [1.29, 1.82) is 0 Å². The van der Waals surface area contributed by atoms with E-state index in [9.17, 15) is 36.7 Å². The number of likely N-dealkylation sites (tertiary alicyclic amines) is 1. The third kappa shape index (κ3) is 16.1. The average molecular weight is 1100 g/mol. The third-order valence-corrected chi connectivity index (χ3v) is 12.9. The molecule has 416 valence electrons.